The smallest absolute Gasteiger partial charge is 0.243 e. The van der Waals surface area contributed by atoms with E-state index in [0.717, 1.165) is 10.7 Å². The maximum absolute atomic E-state index is 13.2. The van der Waals surface area contributed by atoms with E-state index in [4.69, 9.17) is 4.74 Å². The molecule has 3 fully saturated rings. The van der Waals surface area contributed by atoms with Gasteiger partial charge in [0, 0.05) is 30.4 Å². The molecular formula is C21H25N3O3S2. The highest BCUT2D eigenvalue weighted by atomic mass is 32.2. The van der Waals surface area contributed by atoms with E-state index in [9.17, 15) is 8.42 Å². The van der Waals surface area contributed by atoms with Gasteiger partial charge >= 0.3 is 0 Å². The Bertz CT molecular complexity index is 1020. The molecule has 4 aliphatic rings. The van der Waals surface area contributed by atoms with Gasteiger partial charge in [-0.2, -0.15) is 4.31 Å². The Kier molecular flexibility index (Phi) is 4.27. The summed E-state index contributed by atoms with van der Waals surface area (Å²) in [6.45, 7) is 1.80. The number of rotatable bonds is 3. The zero-order chi connectivity index (χ0) is 19.6. The van der Waals surface area contributed by atoms with Gasteiger partial charge in [0.1, 0.15) is 5.01 Å². The second kappa shape index (κ2) is 6.77. The standard InChI is InChI=1S/C21H25N3O3S2/c25-29(26,24-6-8-27-9-7-24)15-3-4-17-16(12-15)18-13-1-2-14(11-13)19(18)20(23-17)21-22-5-10-28-21/h3-5,10,12-14,18-20,23H,1-2,6-9,11H2. The van der Waals surface area contributed by atoms with E-state index in [1.54, 1.807) is 21.7 Å². The van der Waals surface area contributed by atoms with Crippen molar-refractivity contribution < 1.29 is 13.2 Å². The van der Waals surface area contributed by atoms with Gasteiger partial charge in [-0.15, -0.1) is 11.3 Å². The summed E-state index contributed by atoms with van der Waals surface area (Å²) < 4.78 is 33.3. The lowest BCUT2D eigenvalue weighted by Gasteiger charge is -2.42. The molecule has 1 saturated heterocycles. The molecule has 29 heavy (non-hydrogen) atoms. The summed E-state index contributed by atoms with van der Waals surface area (Å²) in [7, 11) is -3.48. The van der Waals surface area contributed by atoms with Crippen molar-refractivity contribution in [2.24, 2.45) is 17.8 Å². The van der Waals surface area contributed by atoms with Crippen LogP contribution in [0.1, 0.15) is 41.8 Å². The fraction of sp³-hybridized carbons (Fsp3) is 0.571. The second-order valence-corrected chi connectivity index (χ2v) is 11.6. The molecule has 2 bridgehead atoms. The molecule has 5 atom stereocenters. The summed E-state index contributed by atoms with van der Waals surface area (Å²) in [6.07, 6.45) is 5.70. The van der Waals surface area contributed by atoms with Crippen molar-refractivity contribution in [2.45, 2.75) is 36.1 Å². The van der Waals surface area contributed by atoms with E-state index in [1.165, 1.54) is 24.8 Å². The molecule has 8 heteroatoms. The minimum atomic E-state index is -3.48. The summed E-state index contributed by atoms with van der Waals surface area (Å²) in [4.78, 5) is 5.04. The third-order valence-corrected chi connectivity index (χ3v) is 10.1. The van der Waals surface area contributed by atoms with E-state index in [-0.39, 0.29) is 6.04 Å². The summed E-state index contributed by atoms with van der Waals surface area (Å²) >= 11 is 1.72. The average molecular weight is 432 g/mol. The Morgan fingerprint density at radius 3 is 2.79 bits per heavy atom. The van der Waals surface area contributed by atoms with Crippen molar-refractivity contribution in [1.82, 2.24) is 9.29 Å². The Morgan fingerprint density at radius 1 is 1.17 bits per heavy atom. The van der Waals surface area contributed by atoms with E-state index < -0.39 is 10.0 Å². The van der Waals surface area contributed by atoms with Crippen LogP contribution in [0.15, 0.2) is 34.7 Å². The Morgan fingerprint density at radius 2 is 2.00 bits per heavy atom. The second-order valence-electron chi connectivity index (χ2n) is 8.69. The Hall–Kier alpha value is -1.48. The van der Waals surface area contributed by atoms with Crippen LogP contribution in [0.2, 0.25) is 0 Å². The predicted octanol–water partition coefficient (Wildman–Crippen LogP) is 3.46. The number of morpholine rings is 1. The van der Waals surface area contributed by atoms with Gasteiger partial charge in [-0.1, -0.05) is 0 Å². The number of hydrogen-bond donors (Lipinski definition) is 1. The minimum Gasteiger partial charge on any atom is -0.379 e. The van der Waals surface area contributed by atoms with Crippen LogP contribution in [0.5, 0.6) is 0 Å². The van der Waals surface area contributed by atoms with Crippen LogP contribution < -0.4 is 5.32 Å². The van der Waals surface area contributed by atoms with E-state index in [2.05, 4.69) is 10.3 Å². The number of fused-ring (bicyclic) bond motifs is 7. The number of anilines is 1. The maximum Gasteiger partial charge on any atom is 0.243 e. The van der Waals surface area contributed by atoms with Crippen molar-refractivity contribution >= 4 is 27.0 Å². The van der Waals surface area contributed by atoms with Crippen LogP contribution in [0.25, 0.3) is 0 Å². The molecular weight excluding hydrogens is 406 g/mol. The fourth-order valence-corrected chi connectivity index (χ4v) is 8.39. The SMILES string of the molecule is O=S(=O)(c1ccc2c(c1)C1C3CCC(C3)C1C(c1nccs1)N2)N1CCOCC1. The third kappa shape index (κ3) is 2.80. The molecule has 0 amide bonds. The quantitative estimate of drug-likeness (QED) is 0.806. The summed E-state index contributed by atoms with van der Waals surface area (Å²) in [5.41, 5.74) is 2.28. The average Bonchev–Trinajstić information content (AvgIpc) is 3.51. The number of nitrogens with zero attached hydrogens (tertiary/aromatic N) is 2. The van der Waals surface area contributed by atoms with Crippen LogP contribution in [0, 0.1) is 17.8 Å². The number of aromatic nitrogens is 1. The molecule has 154 valence electrons. The lowest BCUT2D eigenvalue weighted by atomic mass is 9.69. The number of thiazole rings is 1. The molecule has 1 aromatic heterocycles. The topological polar surface area (TPSA) is 71.5 Å². The first-order valence-electron chi connectivity index (χ1n) is 10.5. The molecule has 1 aromatic carbocycles. The number of ether oxygens (including phenoxy) is 1. The summed E-state index contributed by atoms with van der Waals surface area (Å²) in [6, 6.07) is 5.95. The zero-order valence-electron chi connectivity index (χ0n) is 16.2. The number of nitrogens with one attached hydrogen (secondary N) is 1. The van der Waals surface area contributed by atoms with Crippen molar-refractivity contribution in [3.8, 4) is 0 Å². The van der Waals surface area contributed by atoms with E-state index in [0.29, 0.717) is 54.9 Å². The molecule has 0 radical (unpaired) electrons. The molecule has 2 aliphatic heterocycles. The molecule has 6 rings (SSSR count). The predicted molar refractivity (Wildman–Crippen MR) is 112 cm³/mol. The minimum absolute atomic E-state index is 0.240. The highest BCUT2D eigenvalue weighted by Crippen LogP contribution is 2.63. The number of sulfonamides is 1. The van der Waals surface area contributed by atoms with E-state index in [1.807, 2.05) is 23.7 Å². The molecule has 3 heterocycles. The van der Waals surface area contributed by atoms with E-state index >= 15 is 0 Å². The van der Waals surface area contributed by atoms with Crippen LogP contribution in [-0.2, 0) is 14.8 Å². The van der Waals surface area contributed by atoms with Crippen molar-refractivity contribution in [1.29, 1.82) is 0 Å². The highest BCUT2D eigenvalue weighted by molar-refractivity contribution is 7.89. The number of hydrogen-bond acceptors (Lipinski definition) is 6. The first-order valence-corrected chi connectivity index (χ1v) is 12.8. The number of benzene rings is 1. The molecule has 2 aliphatic carbocycles. The van der Waals surface area contributed by atoms with Gasteiger partial charge in [0.15, 0.2) is 0 Å². The van der Waals surface area contributed by atoms with Crippen LogP contribution in [-0.4, -0.2) is 44.0 Å². The highest BCUT2D eigenvalue weighted by Gasteiger charge is 2.54. The first-order chi connectivity index (χ1) is 14.1. The summed E-state index contributed by atoms with van der Waals surface area (Å²) in [5, 5.41) is 6.94. The van der Waals surface area contributed by atoms with Crippen molar-refractivity contribution in [3.63, 3.8) is 0 Å². The normalized spacial score (nSPS) is 33.9. The summed E-state index contributed by atoms with van der Waals surface area (Å²) in [5.74, 6) is 2.31. The Labute approximate surface area is 175 Å². The lowest BCUT2D eigenvalue weighted by Crippen LogP contribution is -2.41. The molecule has 5 unspecified atom stereocenters. The molecule has 0 spiro atoms. The van der Waals surface area contributed by atoms with Gasteiger partial charge in [0.2, 0.25) is 10.0 Å². The van der Waals surface area contributed by atoms with Gasteiger partial charge < -0.3 is 10.1 Å². The van der Waals surface area contributed by atoms with Crippen LogP contribution in [0.3, 0.4) is 0 Å². The molecule has 6 nitrogen and oxygen atoms in total. The zero-order valence-corrected chi connectivity index (χ0v) is 17.8. The van der Waals surface area contributed by atoms with Gasteiger partial charge in [-0.3, -0.25) is 0 Å². The molecule has 2 saturated carbocycles. The maximum atomic E-state index is 13.2. The lowest BCUT2D eigenvalue weighted by molar-refractivity contribution is 0.0730. The molecule has 2 aromatic rings. The van der Waals surface area contributed by atoms with Gasteiger partial charge in [-0.25, -0.2) is 13.4 Å². The Balaban J connectivity index is 1.42. The van der Waals surface area contributed by atoms with Crippen molar-refractivity contribution in [3.05, 3.63) is 40.3 Å². The van der Waals surface area contributed by atoms with Gasteiger partial charge in [-0.05, 0) is 66.7 Å². The molecule has 1 N–H and O–H groups in total. The van der Waals surface area contributed by atoms with Crippen LogP contribution in [0.4, 0.5) is 5.69 Å². The van der Waals surface area contributed by atoms with Crippen LogP contribution >= 0.6 is 11.3 Å². The first kappa shape index (κ1) is 18.3. The van der Waals surface area contributed by atoms with Gasteiger partial charge in [0.25, 0.3) is 0 Å². The van der Waals surface area contributed by atoms with Gasteiger partial charge in [0.05, 0.1) is 24.2 Å². The third-order valence-electron chi connectivity index (χ3n) is 7.38. The fourth-order valence-electron chi connectivity index (χ4n) is 6.20. The van der Waals surface area contributed by atoms with Crippen molar-refractivity contribution in [2.75, 3.05) is 31.6 Å². The monoisotopic (exact) mass is 431 g/mol. The largest absolute Gasteiger partial charge is 0.379 e.